The van der Waals surface area contributed by atoms with Gasteiger partial charge in [-0.05, 0) is 12.1 Å². The molecule has 2 rings (SSSR count). The Labute approximate surface area is 98.2 Å². The van der Waals surface area contributed by atoms with Crippen LogP contribution < -0.4 is 0 Å². The average molecular weight is 238 g/mol. The van der Waals surface area contributed by atoms with E-state index in [-0.39, 0.29) is 19.1 Å². The molecule has 17 heavy (non-hydrogen) atoms. The largest absolute Gasteiger partial charge is 0.481 e. The molecule has 2 N–H and O–H groups in total. The molecule has 1 aromatic rings. The van der Waals surface area contributed by atoms with Gasteiger partial charge in [0, 0.05) is 13.2 Å². The molecular weight excluding hydrogens is 224 g/mol. The Balaban J connectivity index is 2.12. The molecule has 92 valence electrons. The maximum absolute atomic E-state index is 12.0. The van der Waals surface area contributed by atoms with Crippen molar-refractivity contribution in [3.05, 3.63) is 24.0 Å². The Bertz CT molecular complexity index is 415. The van der Waals surface area contributed by atoms with Crippen molar-refractivity contribution in [1.82, 2.24) is 9.88 Å². The molecule has 1 aliphatic rings. The predicted octanol–water partition coefficient (Wildman–Crippen LogP) is 0.186. The van der Waals surface area contributed by atoms with Crippen LogP contribution in [0.4, 0.5) is 0 Å². The summed E-state index contributed by atoms with van der Waals surface area (Å²) in [5.41, 5.74) is 0.448. The van der Waals surface area contributed by atoms with E-state index in [9.17, 15) is 9.59 Å². The van der Waals surface area contributed by atoms with Crippen LogP contribution in [-0.2, 0) is 9.53 Å². The third kappa shape index (κ3) is 2.16. The Hall–Kier alpha value is -1.82. The van der Waals surface area contributed by atoms with E-state index >= 15 is 0 Å². The molecule has 1 aliphatic heterocycles. The lowest BCUT2D eigenvalue weighted by Gasteiger charge is -2.25. The van der Waals surface area contributed by atoms with Gasteiger partial charge in [-0.25, -0.2) is 0 Å². The van der Waals surface area contributed by atoms with Gasteiger partial charge < -0.3 is 19.7 Å². The summed E-state index contributed by atoms with van der Waals surface area (Å²) in [6, 6.07) is 2.97. The summed E-state index contributed by atoms with van der Waals surface area (Å²) in [6.07, 6.45) is 1.65. The van der Waals surface area contributed by atoms with E-state index in [1.54, 1.807) is 25.4 Å². The van der Waals surface area contributed by atoms with Crippen LogP contribution in [0.25, 0.3) is 0 Å². The van der Waals surface area contributed by atoms with Gasteiger partial charge in [-0.15, -0.1) is 0 Å². The molecule has 6 nitrogen and oxygen atoms in total. The van der Waals surface area contributed by atoms with Gasteiger partial charge in [-0.1, -0.05) is 0 Å². The molecule has 0 saturated carbocycles. The summed E-state index contributed by atoms with van der Waals surface area (Å²) in [4.78, 5) is 27.2. The summed E-state index contributed by atoms with van der Waals surface area (Å²) in [6.45, 7) is 0.419. The zero-order chi connectivity index (χ0) is 12.4. The Morgan fingerprint density at radius 1 is 1.53 bits per heavy atom. The van der Waals surface area contributed by atoms with Crippen LogP contribution in [-0.4, -0.2) is 53.2 Å². The lowest BCUT2D eigenvalue weighted by atomic mass is 10.0. The maximum Gasteiger partial charge on any atom is 0.311 e. The molecular formula is C11H14N2O4. The van der Waals surface area contributed by atoms with Gasteiger partial charge >= 0.3 is 5.97 Å². The zero-order valence-electron chi connectivity index (χ0n) is 9.42. The minimum atomic E-state index is -0.932. The molecule has 6 heteroatoms. The zero-order valence-corrected chi connectivity index (χ0v) is 9.42. The quantitative estimate of drug-likeness (QED) is 0.787. The number of likely N-dealkylation sites (N-methyl/N-ethyl adjacent to an activating group) is 1. The highest BCUT2D eigenvalue weighted by atomic mass is 16.5. The van der Waals surface area contributed by atoms with E-state index in [0.29, 0.717) is 5.69 Å². The van der Waals surface area contributed by atoms with Gasteiger partial charge in [0.05, 0.1) is 19.3 Å². The number of hydrogen-bond acceptors (Lipinski definition) is 3. The third-order valence-corrected chi connectivity index (χ3v) is 3.01. The number of carboxylic acids is 1. The minimum absolute atomic E-state index is 0.155. The van der Waals surface area contributed by atoms with Gasteiger partial charge in [0.1, 0.15) is 11.6 Å². The number of carbonyl (C=O) groups excluding carboxylic acids is 1. The standard InChI is InChI=1S/C11H14N2O4/c1-13(10(14)8-3-2-4-12-8)9-6-17-5-7(9)11(15)16/h2-4,7,9,12H,5-6H2,1H3,(H,15,16). The molecule has 0 aromatic carbocycles. The van der Waals surface area contributed by atoms with Crippen LogP contribution in [0.15, 0.2) is 18.3 Å². The van der Waals surface area contributed by atoms with Gasteiger partial charge in [-0.2, -0.15) is 0 Å². The fourth-order valence-corrected chi connectivity index (χ4v) is 1.96. The van der Waals surface area contributed by atoms with Crippen LogP contribution in [0.1, 0.15) is 10.5 Å². The smallest absolute Gasteiger partial charge is 0.311 e. The van der Waals surface area contributed by atoms with Crippen molar-refractivity contribution < 1.29 is 19.4 Å². The van der Waals surface area contributed by atoms with E-state index in [1.807, 2.05) is 0 Å². The Kier molecular flexibility index (Phi) is 3.14. The van der Waals surface area contributed by atoms with Crippen LogP contribution >= 0.6 is 0 Å². The van der Waals surface area contributed by atoms with Gasteiger partial charge in [0.2, 0.25) is 0 Å². The number of carboxylic acid groups (broad SMARTS) is 1. The number of aromatic nitrogens is 1. The van der Waals surface area contributed by atoms with E-state index < -0.39 is 17.9 Å². The average Bonchev–Trinajstić information content (AvgIpc) is 2.97. The van der Waals surface area contributed by atoms with E-state index in [4.69, 9.17) is 9.84 Å². The number of nitrogens with zero attached hydrogens (tertiary/aromatic N) is 1. The van der Waals surface area contributed by atoms with Crippen molar-refractivity contribution in [2.75, 3.05) is 20.3 Å². The van der Waals surface area contributed by atoms with Crippen LogP contribution in [0.3, 0.4) is 0 Å². The Morgan fingerprint density at radius 2 is 2.29 bits per heavy atom. The highest BCUT2D eigenvalue weighted by molar-refractivity contribution is 5.92. The van der Waals surface area contributed by atoms with Gasteiger partial charge in [-0.3, -0.25) is 9.59 Å². The second-order valence-electron chi connectivity index (χ2n) is 4.05. The molecule has 0 spiro atoms. The number of carbonyl (C=O) groups is 2. The van der Waals surface area contributed by atoms with Crippen molar-refractivity contribution >= 4 is 11.9 Å². The van der Waals surface area contributed by atoms with Crippen molar-refractivity contribution in [1.29, 1.82) is 0 Å². The number of hydrogen-bond donors (Lipinski definition) is 2. The first-order chi connectivity index (χ1) is 8.11. The topological polar surface area (TPSA) is 82.6 Å². The van der Waals surface area contributed by atoms with E-state index in [2.05, 4.69) is 4.98 Å². The molecule has 0 radical (unpaired) electrons. The Morgan fingerprint density at radius 3 is 2.88 bits per heavy atom. The summed E-state index contributed by atoms with van der Waals surface area (Å²) in [7, 11) is 1.60. The SMILES string of the molecule is CN(C(=O)c1ccc[nH]1)C1COCC1C(=O)O. The van der Waals surface area contributed by atoms with Crippen LogP contribution in [0.2, 0.25) is 0 Å². The van der Waals surface area contributed by atoms with Gasteiger partial charge in [0.15, 0.2) is 0 Å². The first kappa shape index (κ1) is 11.7. The molecule has 0 bridgehead atoms. The van der Waals surface area contributed by atoms with Crippen molar-refractivity contribution in [3.8, 4) is 0 Å². The number of amides is 1. The second kappa shape index (κ2) is 4.58. The fourth-order valence-electron chi connectivity index (χ4n) is 1.96. The third-order valence-electron chi connectivity index (χ3n) is 3.01. The van der Waals surface area contributed by atoms with Crippen molar-refractivity contribution in [2.45, 2.75) is 6.04 Å². The number of ether oxygens (including phenoxy) is 1. The molecule has 2 atom stereocenters. The minimum Gasteiger partial charge on any atom is -0.481 e. The van der Waals surface area contributed by atoms with Crippen molar-refractivity contribution in [3.63, 3.8) is 0 Å². The lowest BCUT2D eigenvalue weighted by molar-refractivity contribution is -0.142. The number of H-pyrrole nitrogens is 1. The first-order valence-electron chi connectivity index (χ1n) is 5.32. The molecule has 1 saturated heterocycles. The van der Waals surface area contributed by atoms with E-state index in [0.717, 1.165) is 0 Å². The molecule has 1 aromatic heterocycles. The van der Waals surface area contributed by atoms with Crippen molar-refractivity contribution in [2.24, 2.45) is 5.92 Å². The maximum atomic E-state index is 12.0. The summed E-state index contributed by atoms with van der Waals surface area (Å²) in [5, 5.41) is 9.02. The molecule has 2 unspecified atom stereocenters. The monoisotopic (exact) mass is 238 g/mol. The summed E-state index contributed by atoms with van der Waals surface area (Å²) in [5.74, 6) is -1.81. The second-order valence-corrected chi connectivity index (χ2v) is 4.05. The number of aromatic amines is 1. The number of rotatable bonds is 3. The molecule has 2 heterocycles. The van der Waals surface area contributed by atoms with Crippen LogP contribution in [0.5, 0.6) is 0 Å². The summed E-state index contributed by atoms with van der Waals surface area (Å²) < 4.78 is 5.13. The highest BCUT2D eigenvalue weighted by Gasteiger charge is 2.38. The normalized spacial score (nSPS) is 23.6. The molecule has 0 aliphatic carbocycles. The highest BCUT2D eigenvalue weighted by Crippen LogP contribution is 2.20. The molecule has 1 fully saturated rings. The predicted molar refractivity (Wildman–Crippen MR) is 58.6 cm³/mol. The fraction of sp³-hybridized carbons (Fsp3) is 0.455. The molecule has 1 amide bonds. The first-order valence-corrected chi connectivity index (χ1v) is 5.32. The number of nitrogens with one attached hydrogen (secondary N) is 1. The summed E-state index contributed by atoms with van der Waals surface area (Å²) >= 11 is 0. The number of aliphatic carboxylic acids is 1. The lowest BCUT2D eigenvalue weighted by Crippen LogP contribution is -2.44. The van der Waals surface area contributed by atoms with Crippen LogP contribution in [0, 0.1) is 5.92 Å². The van der Waals surface area contributed by atoms with E-state index in [1.165, 1.54) is 4.90 Å². The van der Waals surface area contributed by atoms with Gasteiger partial charge in [0.25, 0.3) is 5.91 Å².